The fourth-order valence-electron chi connectivity index (χ4n) is 3.73. The van der Waals surface area contributed by atoms with Gasteiger partial charge in [-0.05, 0) is 43.0 Å². The van der Waals surface area contributed by atoms with Gasteiger partial charge in [0.05, 0.1) is 16.2 Å². The van der Waals surface area contributed by atoms with Gasteiger partial charge in [0.1, 0.15) is 12.1 Å². The Kier molecular flexibility index (Phi) is 6.41. The Hall–Kier alpha value is -3.34. The molecule has 2 heterocycles. The quantitative estimate of drug-likeness (QED) is 0.430. The minimum Gasteiger partial charge on any atom is -0.337 e. The van der Waals surface area contributed by atoms with Gasteiger partial charge in [-0.15, -0.1) is 0 Å². The summed E-state index contributed by atoms with van der Waals surface area (Å²) in [4.78, 5) is 22.5. The van der Waals surface area contributed by atoms with Gasteiger partial charge in [0.25, 0.3) is 0 Å². The molecule has 1 fully saturated rings. The summed E-state index contributed by atoms with van der Waals surface area (Å²) in [6.07, 6.45) is 2.92. The summed E-state index contributed by atoms with van der Waals surface area (Å²) in [5.41, 5.74) is 0.152. The molecule has 33 heavy (non-hydrogen) atoms. The number of nitrogens with one attached hydrogen (secondary N) is 1. The van der Waals surface area contributed by atoms with E-state index in [-0.39, 0.29) is 29.5 Å². The first-order valence-electron chi connectivity index (χ1n) is 10.3. The smallest absolute Gasteiger partial charge is 0.184 e. The van der Waals surface area contributed by atoms with Gasteiger partial charge in [-0.3, -0.25) is 4.79 Å². The maximum atomic E-state index is 15.0. The van der Waals surface area contributed by atoms with Crippen LogP contribution in [-0.2, 0) is 11.2 Å². The number of hydrogen-bond acceptors (Lipinski definition) is 5. The number of likely N-dealkylation sites (tertiary alicyclic amines) is 1. The van der Waals surface area contributed by atoms with Gasteiger partial charge < -0.3 is 10.2 Å². The first kappa shape index (κ1) is 22.8. The summed E-state index contributed by atoms with van der Waals surface area (Å²) >= 11 is 5.88. The second-order valence-corrected chi connectivity index (χ2v) is 8.43. The van der Waals surface area contributed by atoms with Crippen LogP contribution in [-0.4, -0.2) is 46.5 Å². The third-order valence-corrected chi connectivity index (χ3v) is 5.78. The van der Waals surface area contributed by atoms with Crippen molar-refractivity contribution in [2.75, 3.05) is 25.5 Å². The zero-order chi connectivity index (χ0) is 23.6. The van der Waals surface area contributed by atoms with Gasteiger partial charge in [-0.2, -0.15) is 0 Å². The van der Waals surface area contributed by atoms with E-state index in [9.17, 15) is 9.18 Å². The SMILES string of the molecule is C=CC(=O)Cc1cc2c(Nc3cccc(Cl)c3F)ncnc2cc1C#C[C@]1(F)CCN(C)C1. The van der Waals surface area contributed by atoms with Crippen LogP contribution in [0.4, 0.5) is 20.3 Å². The number of nitrogens with zero attached hydrogens (tertiary/aromatic N) is 3. The van der Waals surface area contributed by atoms with Gasteiger partial charge in [0.15, 0.2) is 17.3 Å². The zero-order valence-corrected chi connectivity index (χ0v) is 18.7. The number of carbonyl (C=O) groups is 1. The van der Waals surface area contributed by atoms with E-state index in [0.717, 1.165) is 0 Å². The highest BCUT2D eigenvalue weighted by molar-refractivity contribution is 6.31. The highest BCUT2D eigenvalue weighted by Gasteiger charge is 2.34. The molecule has 168 valence electrons. The van der Waals surface area contributed by atoms with Crippen LogP contribution in [0, 0.1) is 17.7 Å². The van der Waals surface area contributed by atoms with Crippen molar-refractivity contribution in [3.05, 3.63) is 71.3 Å². The Bertz CT molecular complexity index is 1320. The van der Waals surface area contributed by atoms with Crippen molar-refractivity contribution in [2.24, 2.45) is 0 Å². The second-order valence-electron chi connectivity index (χ2n) is 8.03. The van der Waals surface area contributed by atoms with E-state index >= 15 is 4.39 Å². The number of hydrogen-bond donors (Lipinski definition) is 1. The van der Waals surface area contributed by atoms with E-state index in [1.54, 1.807) is 18.2 Å². The Morgan fingerprint density at radius 1 is 1.39 bits per heavy atom. The third-order valence-electron chi connectivity index (χ3n) is 5.49. The lowest BCUT2D eigenvalue weighted by molar-refractivity contribution is -0.114. The van der Waals surface area contributed by atoms with Crippen LogP contribution in [0.25, 0.3) is 10.9 Å². The topological polar surface area (TPSA) is 58.1 Å². The minimum atomic E-state index is -1.61. The van der Waals surface area contributed by atoms with Crippen LogP contribution in [0.3, 0.4) is 0 Å². The molecule has 1 saturated heterocycles. The van der Waals surface area contributed by atoms with Gasteiger partial charge in [0, 0.05) is 36.9 Å². The number of rotatable bonds is 5. The first-order valence-corrected chi connectivity index (χ1v) is 10.7. The summed E-state index contributed by atoms with van der Waals surface area (Å²) in [6.45, 7) is 4.39. The maximum absolute atomic E-state index is 15.0. The summed E-state index contributed by atoms with van der Waals surface area (Å²) < 4.78 is 29.4. The number of carbonyl (C=O) groups excluding carboxylic acids is 1. The van der Waals surface area contributed by atoms with Gasteiger partial charge in [-0.25, -0.2) is 18.7 Å². The standard InChI is InChI=1S/C25H21ClF2N4O/c1-3-18(33)11-17-12-19-22(13-16(17)7-8-25(28)9-10-32(2)14-25)29-15-30-24(19)31-21-6-4-5-20(26)23(21)27/h3-6,12-13,15H,1,9-11,14H2,2H3,(H,29,30,31)/t25-/m0/s1. The van der Waals surface area contributed by atoms with E-state index in [2.05, 4.69) is 33.7 Å². The molecule has 0 amide bonds. The van der Waals surface area contributed by atoms with E-state index in [0.29, 0.717) is 40.8 Å². The van der Waals surface area contributed by atoms with E-state index in [4.69, 9.17) is 11.6 Å². The van der Waals surface area contributed by atoms with Crippen molar-refractivity contribution in [3.63, 3.8) is 0 Å². The fourth-order valence-corrected chi connectivity index (χ4v) is 3.91. The Morgan fingerprint density at radius 3 is 2.94 bits per heavy atom. The number of aromatic nitrogens is 2. The zero-order valence-electron chi connectivity index (χ0n) is 18.0. The molecule has 0 unspecified atom stereocenters. The molecule has 1 aliphatic rings. The lowest BCUT2D eigenvalue weighted by Gasteiger charge is -2.13. The van der Waals surface area contributed by atoms with Crippen LogP contribution in [0.15, 0.2) is 49.3 Å². The molecule has 0 saturated carbocycles. The molecule has 0 spiro atoms. The highest BCUT2D eigenvalue weighted by Crippen LogP contribution is 2.30. The number of benzene rings is 2. The summed E-state index contributed by atoms with van der Waals surface area (Å²) in [5, 5.41) is 3.48. The molecule has 2 aromatic carbocycles. The second kappa shape index (κ2) is 9.26. The summed E-state index contributed by atoms with van der Waals surface area (Å²) in [7, 11) is 1.85. The predicted octanol–water partition coefficient (Wildman–Crippen LogP) is 4.86. The molecule has 4 rings (SSSR count). The van der Waals surface area contributed by atoms with Crippen LogP contribution in [0.2, 0.25) is 5.02 Å². The number of alkyl halides is 1. The molecule has 0 radical (unpaired) electrons. The molecule has 3 aromatic rings. The first-order chi connectivity index (χ1) is 15.8. The molecule has 5 nitrogen and oxygen atoms in total. The molecule has 8 heteroatoms. The van der Waals surface area contributed by atoms with Crippen LogP contribution in [0.1, 0.15) is 17.5 Å². The molecular formula is C25H21ClF2N4O. The van der Waals surface area contributed by atoms with Gasteiger partial charge in [0.2, 0.25) is 0 Å². The molecule has 1 aromatic heterocycles. The Morgan fingerprint density at radius 2 is 2.21 bits per heavy atom. The number of anilines is 2. The largest absolute Gasteiger partial charge is 0.337 e. The molecule has 1 aliphatic heterocycles. The summed E-state index contributed by atoms with van der Waals surface area (Å²) in [5.74, 6) is 5.20. The van der Waals surface area contributed by atoms with Crippen LogP contribution in [0.5, 0.6) is 0 Å². The maximum Gasteiger partial charge on any atom is 0.184 e. The summed E-state index contributed by atoms with van der Waals surface area (Å²) in [6, 6.07) is 8.01. The average Bonchev–Trinajstić information content (AvgIpc) is 3.14. The Balaban J connectivity index is 1.79. The van der Waals surface area contributed by atoms with Gasteiger partial charge >= 0.3 is 0 Å². The van der Waals surface area contributed by atoms with E-state index in [1.165, 1.54) is 24.5 Å². The number of ketones is 1. The highest BCUT2D eigenvalue weighted by atomic mass is 35.5. The molecule has 0 bridgehead atoms. The van der Waals surface area contributed by atoms with Crippen molar-refractivity contribution in [1.29, 1.82) is 0 Å². The van der Waals surface area contributed by atoms with Crippen molar-refractivity contribution < 1.29 is 13.6 Å². The third kappa shape index (κ3) is 5.03. The number of fused-ring (bicyclic) bond motifs is 1. The molecule has 1 N–H and O–H groups in total. The predicted molar refractivity (Wildman–Crippen MR) is 126 cm³/mol. The van der Waals surface area contributed by atoms with Crippen molar-refractivity contribution in [3.8, 4) is 11.8 Å². The minimum absolute atomic E-state index is 0.0223. The average molecular weight is 467 g/mol. The van der Waals surface area contributed by atoms with E-state index in [1.807, 2.05) is 11.9 Å². The van der Waals surface area contributed by atoms with Crippen molar-refractivity contribution >= 4 is 39.8 Å². The van der Waals surface area contributed by atoms with E-state index < -0.39 is 11.5 Å². The number of halogens is 3. The normalized spacial score (nSPS) is 18.1. The van der Waals surface area contributed by atoms with Gasteiger partial charge in [-0.1, -0.05) is 36.1 Å². The lowest BCUT2D eigenvalue weighted by Crippen LogP contribution is -2.25. The van der Waals surface area contributed by atoms with Crippen molar-refractivity contribution in [2.45, 2.75) is 18.5 Å². The number of allylic oxidation sites excluding steroid dienone is 1. The van der Waals surface area contributed by atoms with Crippen molar-refractivity contribution in [1.82, 2.24) is 14.9 Å². The molecule has 1 atom stereocenters. The van der Waals surface area contributed by atoms with Crippen LogP contribution >= 0.6 is 11.6 Å². The Labute approximate surface area is 195 Å². The molecule has 0 aliphatic carbocycles. The molecular weight excluding hydrogens is 446 g/mol. The fraction of sp³-hybridized carbons (Fsp3) is 0.240. The van der Waals surface area contributed by atoms with Crippen LogP contribution < -0.4 is 5.32 Å². The monoisotopic (exact) mass is 466 g/mol. The lowest BCUT2D eigenvalue weighted by atomic mass is 9.98.